The Balaban J connectivity index is 4.44. The summed E-state index contributed by atoms with van der Waals surface area (Å²) < 4.78 is 10.6. The maximum absolute atomic E-state index is 10.6. The summed E-state index contributed by atoms with van der Waals surface area (Å²) in [6.45, 7) is 0. The van der Waals surface area contributed by atoms with E-state index in [1.165, 1.54) is 12.5 Å². The van der Waals surface area contributed by atoms with Gasteiger partial charge in [-0.25, -0.2) is 0 Å². The van der Waals surface area contributed by atoms with Gasteiger partial charge < -0.3 is 5.73 Å². The van der Waals surface area contributed by atoms with Gasteiger partial charge in [0, 0.05) is 12.5 Å². The second-order valence-electron chi connectivity index (χ2n) is 1.83. The molecule has 0 unspecified atom stereocenters. The third kappa shape index (κ3) is 5.49. The fourth-order valence-corrected chi connectivity index (χ4v) is 0.839. The van der Waals surface area contributed by atoms with Gasteiger partial charge in [-0.05, 0) is 9.52 Å². The van der Waals surface area contributed by atoms with Gasteiger partial charge in [-0.3, -0.25) is 9.00 Å². The van der Waals surface area contributed by atoms with Gasteiger partial charge in [0.1, 0.15) is 0 Å². The van der Waals surface area contributed by atoms with Crippen LogP contribution in [0.2, 0.25) is 0 Å². The van der Waals surface area contributed by atoms with Crippen molar-refractivity contribution in [3.63, 3.8) is 0 Å². The van der Waals surface area contributed by atoms with Crippen LogP contribution in [0.1, 0.15) is 0 Å². The predicted octanol–water partition coefficient (Wildman–Crippen LogP) is -1.18. The van der Waals surface area contributed by atoms with E-state index in [0.717, 1.165) is 5.37 Å². The molecule has 0 aliphatic carbocycles. The van der Waals surface area contributed by atoms with Crippen LogP contribution in [0, 0.1) is 0 Å². The van der Waals surface area contributed by atoms with Gasteiger partial charge in [0.05, 0.1) is 5.37 Å². The van der Waals surface area contributed by atoms with Crippen molar-refractivity contribution < 1.29 is 9.00 Å². The molecule has 0 rings (SSSR count). The van der Waals surface area contributed by atoms with Crippen molar-refractivity contribution >= 4 is 20.8 Å². The Morgan fingerprint density at radius 2 is 2.00 bits per heavy atom. The summed E-state index contributed by atoms with van der Waals surface area (Å²) in [6, 6.07) is 0. The largest absolute Gasteiger partial charge is 0.366 e. The van der Waals surface area contributed by atoms with Crippen molar-refractivity contribution in [2.24, 2.45) is 5.73 Å². The number of hydrogen-bond donors (Lipinski definition) is 1. The summed E-state index contributed by atoms with van der Waals surface area (Å²) in [4.78, 5) is 10.0. The minimum absolute atomic E-state index is 0.625. The molecule has 0 aromatic heterocycles. The van der Waals surface area contributed by atoms with E-state index in [1.54, 1.807) is 0 Å². The molecule has 0 radical (unpaired) electrons. The van der Waals surface area contributed by atoms with Gasteiger partial charge in [0.2, 0.25) is 5.91 Å². The van der Waals surface area contributed by atoms with Gasteiger partial charge in [0.15, 0.2) is 0 Å². The van der Waals surface area contributed by atoms with Gasteiger partial charge in [-0.2, -0.15) is 0 Å². The number of primary amides is 1. The SMILES string of the molecule is CS(C)(=O)=CC(N)=O. The molecule has 1 amide bonds. The van der Waals surface area contributed by atoms with Crippen molar-refractivity contribution in [2.45, 2.75) is 0 Å². The van der Waals surface area contributed by atoms with E-state index >= 15 is 0 Å². The van der Waals surface area contributed by atoms with Crippen LogP contribution in [0.4, 0.5) is 0 Å². The molecular formula is C4H9NO2S. The van der Waals surface area contributed by atoms with Crippen molar-refractivity contribution in [3.05, 3.63) is 0 Å². The zero-order valence-corrected chi connectivity index (χ0v) is 5.70. The third-order valence-electron chi connectivity index (χ3n) is 0.400. The van der Waals surface area contributed by atoms with Crippen molar-refractivity contribution in [1.82, 2.24) is 0 Å². The van der Waals surface area contributed by atoms with Crippen LogP contribution in [0.3, 0.4) is 0 Å². The molecule has 48 valence electrons. The Morgan fingerprint density at radius 3 is 2.00 bits per heavy atom. The number of amides is 1. The van der Waals surface area contributed by atoms with Crippen LogP contribution in [0.15, 0.2) is 0 Å². The van der Waals surface area contributed by atoms with Crippen LogP contribution < -0.4 is 5.73 Å². The second kappa shape index (κ2) is 2.17. The summed E-state index contributed by atoms with van der Waals surface area (Å²) in [6.07, 6.45) is 2.91. The van der Waals surface area contributed by atoms with Gasteiger partial charge >= 0.3 is 0 Å². The Kier molecular flexibility index (Phi) is 2.03. The summed E-state index contributed by atoms with van der Waals surface area (Å²) in [5, 5.41) is 1.02. The van der Waals surface area contributed by atoms with E-state index in [0.29, 0.717) is 0 Å². The quantitative estimate of drug-likeness (QED) is 0.460. The minimum atomic E-state index is -2.07. The predicted molar refractivity (Wildman–Crippen MR) is 35.2 cm³/mol. The van der Waals surface area contributed by atoms with E-state index in [9.17, 15) is 9.00 Å². The van der Waals surface area contributed by atoms with Crippen LogP contribution in [0.25, 0.3) is 0 Å². The molecule has 0 saturated carbocycles. The first-order chi connectivity index (χ1) is 3.42. The molecule has 0 heterocycles. The highest BCUT2D eigenvalue weighted by atomic mass is 32.2. The van der Waals surface area contributed by atoms with Gasteiger partial charge in [-0.15, -0.1) is 0 Å². The normalized spacial score (nSPS) is 10.8. The molecule has 0 atom stereocenters. The molecule has 0 aromatic rings. The molecule has 3 nitrogen and oxygen atoms in total. The highest BCUT2D eigenvalue weighted by Crippen LogP contribution is 1.70. The number of carbonyl (C=O) groups is 1. The fourth-order valence-electron chi connectivity index (χ4n) is 0.280. The molecule has 4 heteroatoms. The number of nitrogens with two attached hydrogens (primary N) is 1. The lowest BCUT2D eigenvalue weighted by molar-refractivity contribution is -0.111. The molecule has 8 heavy (non-hydrogen) atoms. The Morgan fingerprint density at radius 1 is 1.62 bits per heavy atom. The maximum Gasteiger partial charge on any atom is 0.249 e. The van der Waals surface area contributed by atoms with Crippen LogP contribution in [-0.4, -0.2) is 28.0 Å². The molecule has 0 spiro atoms. The summed E-state index contributed by atoms with van der Waals surface area (Å²) in [7, 11) is -2.07. The molecule has 0 aromatic carbocycles. The van der Waals surface area contributed by atoms with E-state index in [4.69, 9.17) is 5.73 Å². The smallest absolute Gasteiger partial charge is 0.249 e. The number of hydrogen-bond acceptors (Lipinski definition) is 2. The average molecular weight is 135 g/mol. The standard InChI is InChI=1S/C4H9NO2S/c1-8(2,7)3-4(5)6/h3H,1-2H3,(H2,5,6). The zero-order valence-electron chi connectivity index (χ0n) is 4.88. The Bertz CT molecular complexity index is 192. The van der Waals surface area contributed by atoms with E-state index in [-0.39, 0.29) is 0 Å². The molecule has 0 aliphatic rings. The average Bonchev–Trinajstić information content (AvgIpc) is 1.21. The first-order valence-corrected chi connectivity index (χ1v) is 4.44. The molecule has 0 saturated heterocycles. The topological polar surface area (TPSA) is 60.2 Å². The van der Waals surface area contributed by atoms with Gasteiger partial charge in [0.25, 0.3) is 0 Å². The van der Waals surface area contributed by atoms with E-state index in [2.05, 4.69) is 0 Å². The van der Waals surface area contributed by atoms with Gasteiger partial charge in [-0.1, -0.05) is 0 Å². The molecule has 0 bridgehead atoms. The third-order valence-corrected chi connectivity index (χ3v) is 1.20. The molecule has 2 N–H and O–H groups in total. The van der Waals surface area contributed by atoms with Crippen molar-refractivity contribution in [1.29, 1.82) is 0 Å². The van der Waals surface area contributed by atoms with Crippen LogP contribution >= 0.6 is 0 Å². The Hall–Kier alpha value is -0.510. The van der Waals surface area contributed by atoms with Crippen LogP contribution in [0.5, 0.6) is 0 Å². The number of rotatable bonds is 1. The lowest BCUT2D eigenvalue weighted by Crippen LogP contribution is -2.16. The molecule has 0 fully saturated rings. The monoisotopic (exact) mass is 135 g/mol. The summed E-state index contributed by atoms with van der Waals surface area (Å²) >= 11 is 0. The Labute approximate surface area is 48.9 Å². The molecular weight excluding hydrogens is 126 g/mol. The summed E-state index contributed by atoms with van der Waals surface area (Å²) in [5.41, 5.74) is 4.70. The second-order valence-corrected chi connectivity index (χ2v) is 4.68. The first-order valence-electron chi connectivity index (χ1n) is 2.00. The van der Waals surface area contributed by atoms with E-state index < -0.39 is 15.4 Å². The van der Waals surface area contributed by atoms with Crippen molar-refractivity contribution in [2.75, 3.05) is 12.5 Å². The lowest BCUT2D eigenvalue weighted by Gasteiger charge is -1.87. The highest BCUT2D eigenvalue weighted by Gasteiger charge is 1.89. The van der Waals surface area contributed by atoms with Crippen molar-refractivity contribution in [3.8, 4) is 0 Å². The zero-order chi connectivity index (χ0) is 6.78. The number of carbonyl (C=O) groups excluding carboxylic acids is 1. The molecule has 0 aliphatic heterocycles. The minimum Gasteiger partial charge on any atom is -0.366 e. The lowest BCUT2D eigenvalue weighted by atomic mass is 10.8. The highest BCUT2D eigenvalue weighted by molar-refractivity contribution is 8.01. The summed E-state index contributed by atoms with van der Waals surface area (Å²) in [5.74, 6) is -0.625. The van der Waals surface area contributed by atoms with Crippen LogP contribution in [-0.2, 0) is 14.3 Å². The van der Waals surface area contributed by atoms with E-state index in [1.807, 2.05) is 0 Å². The first kappa shape index (κ1) is 7.49. The maximum atomic E-state index is 10.6. The fraction of sp³-hybridized carbons (Fsp3) is 0.500.